The van der Waals surface area contributed by atoms with E-state index in [1.165, 1.54) is 12.1 Å². The van der Waals surface area contributed by atoms with Crippen molar-refractivity contribution in [3.05, 3.63) is 53.1 Å². The monoisotopic (exact) mass is 457 g/mol. The highest BCUT2D eigenvalue weighted by molar-refractivity contribution is 7.92. The SMILES string of the molecule is CCc1ccc(C(=O)O)cc1S(=O)(=O)Nc1cc(C(F)(F)F)ccc1OC1CCCC1. The van der Waals surface area contributed by atoms with Crippen LogP contribution in [0.2, 0.25) is 0 Å². The van der Waals surface area contributed by atoms with Gasteiger partial charge in [-0.2, -0.15) is 13.2 Å². The lowest BCUT2D eigenvalue weighted by Gasteiger charge is -2.20. The number of hydrogen-bond acceptors (Lipinski definition) is 4. The smallest absolute Gasteiger partial charge is 0.416 e. The number of benzene rings is 2. The first-order chi connectivity index (χ1) is 14.5. The van der Waals surface area contributed by atoms with Gasteiger partial charge in [0.15, 0.2) is 0 Å². The van der Waals surface area contributed by atoms with Crippen LogP contribution in [0.15, 0.2) is 41.3 Å². The average Bonchev–Trinajstić information content (AvgIpc) is 3.20. The van der Waals surface area contributed by atoms with Crippen LogP contribution in [0.5, 0.6) is 5.75 Å². The molecule has 3 rings (SSSR count). The topological polar surface area (TPSA) is 92.7 Å². The summed E-state index contributed by atoms with van der Waals surface area (Å²) in [5.41, 5.74) is -1.28. The van der Waals surface area contributed by atoms with Crippen LogP contribution in [-0.4, -0.2) is 25.6 Å². The third kappa shape index (κ3) is 5.30. The quantitative estimate of drug-likeness (QED) is 0.604. The van der Waals surface area contributed by atoms with E-state index in [0.29, 0.717) is 11.6 Å². The molecule has 0 aliphatic heterocycles. The molecule has 0 radical (unpaired) electrons. The number of rotatable bonds is 7. The zero-order valence-corrected chi connectivity index (χ0v) is 17.5. The van der Waals surface area contributed by atoms with E-state index in [-0.39, 0.29) is 34.4 Å². The molecule has 1 aliphatic carbocycles. The van der Waals surface area contributed by atoms with Crippen LogP contribution >= 0.6 is 0 Å². The van der Waals surface area contributed by atoms with Gasteiger partial charge in [-0.3, -0.25) is 4.72 Å². The zero-order chi connectivity index (χ0) is 22.8. The molecule has 10 heteroatoms. The van der Waals surface area contributed by atoms with E-state index in [1.807, 2.05) is 0 Å². The highest BCUT2D eigenvalue weighted by Gasteiger charge is 2.32. The minimum Gasteiger partial charge on any atom is -0.488 e. The van der Waals surface area contributed by atoms with Crippen LogP contribution in [0.25, 0.3) is 0 Å². The number of sulfonamides is 1. The molecule has 0 heterocycles. The minimum atomic E-state index is -4.68. The van der Waals surface area contributed by atoms with Gasteiger partial charge in [-0.05, 0) is 68.0 Å². The number of anilines is 1. The van der Waals surface area contributed by atoms with Gasteiger partial charge in [-0.1, -0.05) is 13.0 Å². The van der Waals surface area contributed by atoms with Crippen molar-refractivity contribution in [2.45, 2.75) is 56.2 Å². The van der Waals surface area contributed by atoms with Crippen LogP contribution in [0.4, 0.5) is 18.9 Å². The lowest BCUT2D eigenvalue weighted by molar-refractivity contribution is -0.137. The van der Waals surface area contributed by atoms with Gasteiger partial charge in [0.25, 0.3) is 10.0 Å². The largest absolute Gasteiger partial charge is 0.488 e. The van der Waals surface area contributed by atoms with E-state index < -0.39 is 27.7 Å². The molecule has 0 aromatic heterocycles. The van der Waals surface area contributed by atoms with Crippen molar-refractivity contribution in [1.82, 2.24) is 0 Å². The van der Waals surface area contributed by atoms with Gasteiger partial charge in [0, 0.05) is 0 Å². The van der Waals surface area contributed by atoms with Gasteiger partial charge < -0.3 is 9.84 Å². The summed E-state index contributed by atoms with van der Waals surface area (Å²) < 4.78 is 73.8. The number of carboxylic acid groups (broad SMARTS) is 1. The van der Waals surface area contributed by atoms with Crippen molar-refractivity contribution in [2.75, 3.05) is 4.72 Å². The molecule has 1 saturated carbocycles. The third-order valence-electron chi connectivity index (χ3n) is 5.13. The fourth-order valence-electron chi connectivity index (χ4n) is 3.50. The number of halogens is 3. The number of aromatic carboxylic acids is 1. The molecule has 6 nitrogen and oxygen atoms in total. The molecule has 0 saturated heterocycles. The lowest BCUT2D eigenvalue weighted by atomic mass is 10.1. The van der Waals surface area contributed by atoms with Crippen LogP contribution in [-0.2, 0) is 22.6 Å². The lowest BCUT2D eigenvalue weighted by Crippen LogP contribution is -2.19. The van der Waals surface area contributed by atoms with Crippen molar-refractivity contribution in [3.63, 3.8) is 0 Å². The highest BCUT2D eigenvalue weighted by Crippen LogP contribution is 2.38. The molecule has 1 aliphatic rings. The maximum Gasteiger partial charge on any atom is 0.416 e. The molecule has 0 bridgehead atoms. The number of nitrogens with one attached hydrogen (secondary N) is 1. The van der Waals surface area contributed by atoms with E-state index in [1.54, 1.807) is 6.92 Å². The number of carbonyl (C=O) groups is 1. The first kappa shape index (κ1) is 22.9. The Morgan fingerprint density at radius 1 is 1.16 bits per heavy atom. The normalized spacial score (nSPS) is 15.1. The summed E-state index contributed by atoms with van der Waals surface area (Å²) in [4.78, 5) is 11.0. The molecular weight excluding hydrogens is 435 g/mol. The summed E-state index contributed by atoms with van der Waals surface area (Å²) >= 11 is 0. The average molecular weight is 457 g/mol. The van der Waals surface area contributed by atoms with E-state index in [2.05, 4.69) is 4.72 Å². The van der Waals surface area contributed by atoms with Crippen LogP contribution in [0, 0.1) is 0 Å². The molecule has 2 aromatic carbocycles. The number of alkyl halides is 3. The van der Waals surface area contributed by atoms with Gasteiger partial charge in [0.1, 0.15) is 5.75 Å². The third-order valence-corrected chi connectivity index (χ3v) is 6.58. The van der Waals surface area contributed by atoms with E-state index in [9.17, 15) is 31.5 Å². The molecule has 0 atom stereocenters. The fraction of sp³-hybridized carbons (Fsp3) is 0.381. The van der Waals surface area contributed by atoms with Crippen LogP contribution in [0.3, 0.4) is 0 Å². The molecule has 2 aromatic rings. The van der Waals surface area contributed by atoms with E-state index in [4.69, 9.17) is 4.74 Å². The van der Waals surface area contributed by atoms with Crippen molar-refractivity contribution in [1.29, 1.82) is 0 Å². The first-order valence-corrected chi connectivity index (χ1v) is 11.3. The van der Waals surface area contributed by atoms with Gasteiger partial charge in [0.2, 0.25) is 0 Å². The molecule has 31 heavy (non-hydrogen) atoms. The summed E-state index contributed by atoms with van der Waals surface area (Å²) in [6.45, 7) is 1.69. The number of aryl methyl sites for hydroxylation is 1. The van der Waals surface area contributed by atoms with Gasteiger partial charge in [0.05, 0.1) is 27.8 Å². The number of carboxylic acids is 1. The van der Waals surface area contributed by atoms with E-state index in [0.717, 1.165) is 43.9 Å². The molecular formula is C21H22F3NO5S. The van der Waals surface area contributed by atoms with Crippen LogP contribution in [0.1, 0.15) is 54.1 Å². The predicted molar refractivity (Wildman–Crippen MR) is 108 cm³/mol. The number of hydrogen-bond donors (Lipinski definition) is 2. The molecule has 0 spiro atoms. The van der Waals surface area contributed by atoms with Crippen LogP contribution < -0.4 is 9.46 Å². The molecule has 0 unspecified atom stereocenters. The van der Waals surface area contributed by atoms with Crippen molar-refractivity contribution < 1.29 is 36.2 Å². The van der Waals surface area contributed by atoms with Gasteiger partial charge in [-0.15, -0.1) is 0 Å². The summed E-state index contributed by atoms with van der Waals surface area (Å²) in [5, 5.41) is 9.20. The molecule has 2 N–H and O–H groups in total. The Labute approximate surface area is 178 Å². The Balaban J connectivity index is 2.04. The number of ether oxygens (including phenoxy) is 1. The summed E-state index contributed by atoms with van der Waals surface area (Å²) in [6.07, 6.45) is -1.29. The maximum atomic E-state index is 13.2. The van der Waals surface area contributed by atoms with Gasteiger partial charge >= 0.3 is 12.1 Å². The second-order valence-electron chi connectivity index (χ2n) is 7.32. The van der Waals surface area contributed by atoms with Crippen molar-refractivity contribution >= 4 is 21.7 Å². The first-order valence-electron chi connectivity index (χ1n) is 9.78. The summed E-state index contributed by atoms with van der Waals surface area (Å²) in [5.74, 6) is -1.32. The zero-order valence-electron chi connectivity index (χ0n) is 16.7. The Morgan fingerprint density at radius 3 is 2.42 bits per heavy atom. The minimum absolute atomic E-state index is 0.00378. The van der Waals surface area contributed by atoms with Gasteiger partial charge in [-0.25, -0.2) is 13.2 Å². The predicted octanol–water partition coefficient (Wildman–Crippen LogP) is 5.09. The summed E-state index contributed by atoms with van der Waals surface area (Å²) in [7, 11) is -4.39. The molecule has 1 fully saturated rings. The standard InChI is InChI=1S/C21H22F3NO5S/c1-2-13-7-8-14(20(26)27)11-19(13)31(28,29)25-17-12-15(21(22,23)24)9-10-18(17)30-16-5-3-4-6-16/h7-12,16,25H,2-6H2,1H3,(H,26,27). The second-order valence-corrected chi connectivity index (χ2v) is 8.97. The maximum absolute atomic E-state index is 13.2. The fourth-order valence-corrected chi connectivity index (χ4v) is 4.90. The van der Waals surface area contributed by atoms with Crippen molar-refractivity contribution in [3.8, 4) is 5.75 Å². The Bertz CT molecular complexity index is 1080. The Morgan fingerprint density at radius 2 is 1.84 bits per heavy atom. The van der Waals surface area contributed by atoms with E-state index >= 15 is 0 Å². The summed E-state index contributed by atoms with van der Waals surface area (Å²) in [6, 6.07) is 6.28. The Hall–Kier alpha value is -2.75. The molecule has 168 valence electrons. The highest BCUT2D eigenvalue weighted by atomic mass is 32.2. The Kier molecular flexibility index (Phi) is 6.49. The van der Waals surface area contributed by atoms with Crippen molar-refractivity contribution in [2.24, 2.45) is 0 Å². The second kappa shape index (κ2) is 8.78. The molecule has 0 amide bonds.